The molecule has 1 fully saturated rings. The maximum absolute atomic E-state index is 12.3. The molecule has 0 saturated carbocycles. The number of ether oxygens (including phenoxy) is 1. The molecule has 2 rings (SSSR count). The van der Waals surface area contributed by atoms with Crippen LogP contribution in [-0.2, 0) is 14.8 Å². The van der Waals surface area contributed by atoms with Crippen molar-refractivity contribution in [3.63, 3.8) is 0 Å². The first-order valence-electron chi connectivity index (χ1n) is 5.38. The predicted molar refractivity (Wildman–Crippen MR) is 66.4 cm³/mol. The van der Waals surface area contributed by atoms with Crippen LogP contribution in [0.5, 0.6) is 0 Å². The lowest BCUT2D eigenvalue weighted by molar-refractivity contribution is 0.0730. The van der Waals surface area contributed by atoms with Crippen LogP contribution < -0.4 is 0 Å². The van der Waals surface area contributed by atoms with Gasteiger partial charge in [-0.3, -0.25) is 4.79 Å². The molecular weight excluding hydrogens is 278 g/mol. The Bertz CT molecular complexity index is 552. The van der Waals surface area contributed by atoms with E-state index in [0.29, 0.717) is 32.6 Å². The molecule has 1 aliphatic rings. The summed E-state index contributed by atoms with van der Waals surface area (Å²) in [5.41, 5.74) is 0.284. The van der Waals surface area contributed by atoms with Crippen molar-refractivity contribution in [3.8, 4) is 0 Å². The minimum Gasteiger partial charge on any atom is -0.379 e. The number of morpholine rings is 1. The van der Waals surface area contributed by atoms with E-state index in [9.17, 15) is 13.2 Å². The van der Waals surface area contributed by atoms with E-state index >= 15 is 0 Å². The third-order valence-electron chi connectivity index (χ3n) is 2.68. The van der Waals surface area contributed by atoms with E-state index in [0.717, 1.165) is 0 Å². The van der Waals surface area contributed by atoms with Gasteiger partial charge in [-0.05, 0) is 12.1 Å². The molecule has 0 amide bonds. The van der Waals surface area contributed by atoms with Gasteiger partial charge in [-0.25, -0.2) is 8.42 Å². The maximum atomic E-state index is 12.3. The van der Waals surface area contributed by atoms with Gasteiger partial charge in [0.05, 0.1) is 18.2 Å². The van der Waals surface area contributed by atoms with Crippen LogP contribution in [0.1, 0.15) is 10.4 Å². The molecule has 0 N–H and O–H groups in total. The van der Waals surface area contributed by atoms with Crippen molar-refractivity contribution >= 4 is 27.9 Å². The van der Waals surface area contributed by atoms with Gasteiger partial charge in [0.15, 0.2) is 0 Å². The Hall–Kier alpha value is -0.950. The second-order valence-electron chi connectivity index (χ2n) is 3.82. The molecule has 1 aromatic rings. The van der Waals surface area contributed by atoms with Crippen molar-refractivity contribution in [2.24, 2.45) is 0 Å². The first-order valence-corrected chi connectivity index (χ1v) is 7.20. The Morgan fingerprint density at radius 1 is 1.28 bits per heavy atom. The van der Waals surface area contributed by atoms with E-state index in [1.54, 1.807) is 0 Å². The maximum Gasteiger partial charge on any atom is 0.244 e. The molecule has 18 heavy (non-hydrogen) atoms. The molecule has 1 heterocycles. The van der Waals surface area contributed by atoms with Crippen LogP contribution in [0.2, 0.25) is 5.02 Å². The topological polar surface area (TPSA) is 63.7 Å². The van der Waals surface area contributed by atoms with Crippen molar-refractivity contribution in [2.75, 3.05) is 26.3 Å². The first kappa shape index (κ1) is 13.5. The fourth-order valence-corrected chi connectivity index (χ4v) is 3.63. The highest BCUT2D eigenvalue weighted by Crippen LogP contribution is 2.25. The zero-order valence-corrected chi connectivity index (χ0v) is 11.1. The SMILES string of the molecule is O=Cc1ccc(Cl)c(S(=O)(=O)N2CCOCC2)c1. The smallest absolute Gasteiger partial charge is 0.244 e. The lowest BCUT2D eigenvalue weighted by Crippen LogP contribution is -2.40. The molecule has 0 aromatic heterocycles. The van der Waals surface area contributed by atoms with Gasteiger partial charge in [-0.15, -0.1) is 0 Å². The van der Waals surface area contributed by atoms with Gasteiger partial charge in [-0.2, -0.15) is 4.31 Å². The zero-order chi connectivity index (χ0) is 13.2. The summed E-state index contributed by atoms with van der Waals surface area (Å²) in [6.45, 7) is 1.32. The summed E-state index contributed by atoms with van der Waals surface area (Å²) in [6, 6.07) is 4.19. The lowest BCUT2D eigenvalue weighted by Gasteiger charge is -2.26. The molecule has 0 atom stereocenters. The second kappa shape index (κ2) is 5.36. The Morgan fingerprint density at radius 2 is 1.94 bits per heavy atom. The van der Waals surface area contributed by atoms with Crippen LogP contribution in [0, 0.1) is 0 Å². The highest BCUT2D eigenvalue weighted by molar-refractivity contribution is 7.89. The van der Waals surface area contributed by atoms with Gasteiger partial charge < -0.3 is 4.74 Å². The average Bonchev–Trinajstić information content (AvgIpc) is 2.40. The fraction of sp³-hybridized carbons (Fsp3) is 0.364. The van der Waals surface area contributed by atoms with Crippen LogP contribution >= 0.6 is 11.6 Å². The Balaban J connectivity index is 2.42. The molecule has 0 aliphatic carbocycles. The summed E-state index contributed by atoms with van der Waals surface area (Å²) < 4.78 is 31.1. The van der Waals surface area contributed by atoms with Crippen LogP contribution in [0.15, 0.2) is 23.1 Å². The number of halogens is 1. The summed E-state index contributed by atoms with van der Waals surface area (Å²) in [5, 5.41) is 0.118. The van der Waals surface area contributed by atoms with Crippen LogP contribution in [0.3, 0.4) is 0 Å². The number of carbonyl (C=O) groups excluding carboxylic acids is 1. The molecule has 0 spiro atoms. The standard InChI is InChI=1S/C11H12ClNO4S/c12-10-2-1-9(8-14)7-11(10)18(15,16)13-3-5-17-6-4-13/h1-2,7-8H,3-6H2. The summed E-state index contributed by atoms with van der Waals surface area (Å²) in [7, 11) is -3.66. The van der Waals surface area contributed by atoms with Gasteiger partial charge in [-0.1, -0.05) is 17.7 Å². The first-order chi connectivity index (χ1) is 8.55. The highest BCUT2D eigenvalue weighted by atomic mass is 35.5. The van der Waals surface area contributed by atoms with Gasteiger partial charge >= 0.3 is 0 Å². The van der Waals surface area contributed by atoms with E-state index in [1.807, 2.05) is 0 Å². The average molecular weight is 290 g/mol. The van der Waals surface area contributed by atoms with Crippen molar-refractivity contribution < 1.29 is 17.9 Å². The lowest BCUT2D eigenvalue weighted by atomic mass is 10.2. The molecule has 1 aliphatic heterocycles. The largest absolute Gasteiger partial charge is 0.379 e. The molecule has 1 saturated heterocycles. The van der Waals surface area contributed by atoms with Gasteiger partial charge in [0.1, 0.15) is 11.2 Å². The van der Waals surface area contributed by atoms with Crippen molar-refractivity contribution in [1.82, 2.24) is 4.31 Å². The molecule has 0 unspecified atom stereocenters. The normalized spacial score (nSPS) is 17.6. The number of rotatable bonds is 3. The van der Waals surface area contributed by atoms with Crippen LogP contribution in [0.4, 0.5) is 0 Å². The van der Waals surface area contributed by atoms with Crippen LogP contribution in [0.25, 0.3) is 0 Å². The molecule has 0 radical (unpaired) electrons. The van der Waals surface area contributed by atoms with Crippen molar-refractivity contribution in [3.05, 3.63) is 28.8 Å². The van der Waals surface area contributed by atoms with Crippen molar-refractivity contribution in [1.29, 1.82) is 0 Å². The summed E-state index contributed by atoms with van der Waals surface area (Å²) in [4.78, 5) is 10.7. The third kappa shape index (κ3) is 2.56. The molecule has 7 heteroatoms. The minimum absolute atomic E-state index is 0.0318. The minimum atomic E-state index is -3.66. The zero-order valence-electron chi connectivity index (χ0n) is 9.50. The molecular formula is C11H12ClNO4S. The number of nitrogens with zero attached hydrogens (tertiary/aromatic N) is 1. The van der Waals surface area contributed by atoms with E-state index in [4.69, 9.17) is 16.3 Å². The molecule has 98 valence electrons. The number of hydrogen-bond acceptors (Lipinski definition) is 4. The highest BCUT2D eigenvalue weighted by Gasteiger charge is 2.28. The monoisotopic (exact) mass is 289 g/mol. The van der Waals surface area contributed by atoms with Crippen molar-refractivity contribution in [2.45, 2.75) is 4.90 Å². The van der Waals surface area contributed by atoms with E-state index in [-0.39, 0.29) is 15.5 Å². The summed E-state index contributed by atoms with van der Waals surface area (Å²) in [6.07, 6.45) is 0.592. The summed E-state index contributed by atoms with van der Waals surface area (Å²) in [5.74, 6) is 0. The van der Waals surface area contributed by atoms with Gasteiger partial charge in [0, 0.05) is 18.7 Å². The van der Waals surface area contributed by atoms with E-state index < -0.39 is 10.0 Å². The number of sulfonamides is 1. The fourth-order valence-electron chi connectivity index (χ4n) is 1.72. The van der Waals surface area contributed by atoms with E-state index in [1.165, 1.54) is 22.5 Å². The van der Waals surface area contributed by atoms with E-state index in [2.05, 4.69) is 0 Å². The van der Waals surface area contributed by atoms with Crippen LogP contribution in [-0.4, -0.2) is 45.3 Å². The molecule has 1 aromatic carbocycles. The Morgan fingerprint density at radius 3 is 2.56 bits per heavy atom. The second-order valence-corrected chi connectivity index (χ2v) is 6.14. The number of aldehydes is 1. The molecule has 0 bridgehead atoms. The third-order valence-corrected chi connectivity index (χ3v) is 5.06. The van der Waals surface area contributed by atoms with Gasteiger partial charge in [0.25, 0.3) is 0 Å². The Labute approximate surface area is 110 Å². The molecule has 5 nitrogen and oxygen atoms in total. The number of benzene rings is 1. The number of hydrogen-bond donors (Lipinski definition) is 0. The Kier molecular flexibility index (Phi) is 4.01. The quantitative estimate of drug-likeness (QED) is 0.784. The predicted octanol–water partition coefficient (Wildman–Crippen LogP) is 1.17. The number of carbonyl (C=O) groups is 1. The van der Waals surface area contributed by atoms with Gasteiger partial charge in [0.2, 0.25) is 10.0 Å². The summed E-state index contributed by atoms with van der Waals surface area (Å²) >= 11 is 5.90.